The third kappa shape index (κ3) is 4.95. The molecule has 0 saturated carbocycles. The second-order valence-corrected chi connectivity index (χ2v) is 4.73. The Kier molecular flexibility index (Phi) is 7.04. The summed E-state index contributed by atoms with van der Waals surface area (Å²) in [5.74, 6) is 1.46. The van der Waals surface area contributed by atoms with Gasteiger partial charge in [-0.3, -0.25) is 0 Å². The van der Waals surface area contributed by atoms with Crippen LogP contribution in [0, 0.1) is 5.92 Å². The van der Waals surface area contributed by atoms with Crippen LogP contribution in [0.3, 0.4) is 0 Å². The van der Waals surface area contributed by atoms with E-state index < -0.39 is 0 Å². The van der Waals surface area contributed by atoms with Crippen molar-refractivity contribution in [3.63, 3.8) is 0 Å². The molecule has 0 spiro atoms. The summed E-state index contributed by atoms with van der Waals surface area (Å²) < 4.78 is 5.09. The normalized spacial score (nSPS) is 12.1. The summed E-state index contributed by atoms with van der Waals surface area (Å²) in [6, 6.07) is 5.56. The van der Waals surface area contributed by atoms with E-state index in [4.69, 9.17) is 4.74 Å². The van der Waals surface area contributed by atoms with Crippen LogP contribution in [0.4, 0.5) is 0 Å². The zero-order valence-corrected chi connectivity index (χ0v) is 12.0. The number of benzene rings is 1. The van der Waals surface area contributed by atoms with Crippen molar-refractivity contribution in [2.45, 2.75) is 32.7 Å². The van der Waals surface area contributed by atoms with Gasteiger partial charge in [0.15, 0.2) is 11.5 Å². The lowest BCUT2D eigenvalue weighted by atomic mass is 9.98. The molecule has 106 valence electrons. The molecule has 0 heterocycles. The second-order valence-electron chi connectivity index (χ2n) is 4.73. The number of phenolic OH excluding ortho intramolecular Hbond substituents is 1. The van der Waals surface area contributed by atoms with Crippen molar-refractivity contribution in [1.29, 1.82) is 0 Å². The van der Waals surface area contributed by atoms with Crippen molar-refractivity contribution >= 4 is 0 Å². The average molecular weight is 263 g/mol. The Morgan fingerprint density at radius 2 is 2.26 bits per heavy atom. The van der Waals surface area contributed by atoms with Gasteiger partial charge in [0.1, 0.15) is 0 Å². The minimum atomic E-state index is 0.232. The van der Waals surface area contributed by atoms with Gasteiger partial charge in [-0.05, 0) is 31.4 Å². The zero-order valence-electron chi connectivity index (χ0n) is 12.0. The van der Waals surface area contributed by atoms with Crippen LogP contribution in [-0.2, 0) is 6.54 Å². The third-order valence-electron chi connectivity index (χ3n) is 3.42. The number of rotatable bonds is 9. The van der Waals surface area contributed by atoms with Crippen molar-refractivity contribution in [2.75, 3.05) is 13.7 Å². The van der Waals surface area contributed by atoms with Crippen LogP contribution in [0.5, 0.6) is 11.5 Å². The summed E-state index contributed by atoms with van der Waals surface area (Å²) in [4.78, 5) is 0. The summed E-state index contributed by atoms with van der Waals surface area (Å²) >= 11 is 0. The van der Waals surface area contributed by atoms with Crippen LogP contribution in [0.2, 0.25) is 0 Å². The van der Waals surface area contributed by atoms with E-state index in [1.807, 2.05) is 18.2 Å². The zero-order chi connectivity index (χ0) is 14.1. The van der Waals surface area contributed by atoms with Gasteiger partial charge in [0.2, 0.25) is 0 Å². The van der Waals surface area contributed by atoms with Crippen LogP contribution < -0.4 is 10.1 Å². The van der Waals surface area contributed by atoms with Gasteiger partial charge in [-0.15, -0.1) is 6.58 Å². The van der Waals surface area contributed by atoms with E-state index in [1.54, 1.807) is 13.2 Å². The van der Waals surface area contributed by atoms with Gasteiger partial charge < -0.3 is 15.2 Å². The molecule has 0 aliphatic rings. The summed E-state index contributed by atoms with van der Waals surface area (Å²) in [5.41, 5.74) is 0.871. The van der Waals surface area contributed by atoms with Gasteiger partial charge in [-0.1, -0.05) is 31.6 Å². The van der Waals surface area contributed by atoms with Gasteiger partial charge in [0.25, 0.3) is 0 Å². The van der Waals surface area contributed by atoms with Gasteiger partial charge >= 0.3 is 0 Å². The van der Waals surface area contributed by atoms with Gasteiger partial charge in [0.05, 0.1) is 7.11 Å². The molecule has 1 aromatic carbocycles. The van der Waals surface area contributed by atoms with Crippen molar-refractivity contribution in [3.05, 3.63) is 36.4 Å². The van der Waals surface area contributed by atoms with E-state index in [-0.39, 0.29) is 5.75 Å². The fraction of sp³-hybridized carbons (Fsp3) is 0.500. The predicted molar refractivity (Wildman–Crippen MR) is 79.6 cm³/mol. The highest BCUT2D eigenvalue weighted by molar-refractivity contribution is 5.45. The molecular weight excluding hydrogens is 238 g/mol. The molecule has 0 bridgehead atoms. The van der Waals surface area contributed by atoms with Gasteiger partial charge in [-0.2, -0.15) is 0 Å². The van der Waals surface area contributed by atoms with Gasteiger partial charge in [-0.25, -0.2) is 0 Å². The quantitative estimate of drug-likeness (QED) is 0.529. The van der Waals surface area contributed by atoms with E-state index in [1.165, 1.54) is 6.42 Å². The lowest BCUT2D eigenvalue weighted by molar-refractivity contribution is 0.369. The van der Waals surface area contributed by atoms with Crippen molar-refractivity contribution in [1.82, 2.24) is 5.32 Å². The van der Waals surface area contributed by atoms with Crippen LogP contribution in [0.25, 0.3) is 0 Å². The number of phenols is 1. The lowest BCUT2D eigenvalue weighted by Crippen LogP contribution is -2.17. The van der Waals surface area contributed by atoms with Crippen LogP contribution >= 0.6 is 0 Å². The Labute approximate surface area is 116 Å². The molecule has 1 aromatic rings. The molecule has 0 fully saturated rings. The molecule has 1 atom stereocenters. The standard InChI is InChI=1S/C16H25NO2/c1-4-7-13(5-2)10-11-17-12-14-8-6-9-15(19-3)16(14)18/h4,6,8-9,13,17-18H,1,5,7,10-12H2,2-3H3. The molecule has 2 N–H and O–H groups in total. The van der Waals surface area contributed by atoms with E-state index in [2.05, 4.69) is 18.8 Å². The van der Waals surface area contributed by atoms with Crippen LogP contribution in [0.15, 0.2) is 30.9 Å². The Balaban J connectivity index is 2.39. The smallest absolute Gasteiger partial charge is 0.162 e. The Morgan fingerprint density at radius 1 is 1.47 bits per heavy atom. The fourth-order valence-electron chi connectivity index (χ4n) is 2.13. The summed E-state index contributed by atoms with van der Waals surface area (Å²) in [7, 11) is 1.56. The third-order valence-corrected chi connectivity index (χ3v) is 3.42. The minimum Gasteiger partial charge on any atom is -0.504 e. The Hall–Kier alpha value is -1.48. The number of para-hydroxylation sites is 1. The average Bonchev–Trinajstić information content (AvgIpc) is 2.43. The molecule has 1 rings (SSSR count). The summed E-state index contributed by atoms with van der Waals surface area (Å²) in [5, 5.41) is 13.3. The Morgan fingerprint density at radius 3 is 2.89 bits per heavy atom. The molecule has 0 aliphatic carbocycles. The number of hydrogen-bond acceptors (Lipinski definition) is 3. The van der Waals surface area contributed by atoms with Crippen LogP contribution in [-0.4, -0.2) is 18.8 Å². The first-order chi connectivity index (χ1) is 9.22. The van der Waals surface area contributed by atoms with Crippen molar-refractivity contribution < 1.29 is 9.84 Å². The summed E-state index contributed by atoms with van der Waals surface area (Å²) in [6.45, 7) is 7.61. The number of methoxy groups -OCH3 is 1. The first-order valence-corrected chi connectivity index (χ1v) is 6.89. The monoisotopic (exact) mass is 263 g/mol. The SMILES string of the molecule is C=CCC(CC)CCNCc1cccc(OC)c1O. The molecule has 0 aromatic heterocycles. The molecule has 0 radical (unpaired) electrons. The molecule has 3 nitrogen and oxygen atoms in total. The van der Waals surface area contributed by atoms with E-state index >= 15 is 0 Å². The van der Waals surface area contributed by atoms with E-state index in [9.17, 15) is 5.11 Å². The maximum absolute atomic E-state index is 9.95. The molecule has 19 heavy (non-hydrogen) atoms. The first kappa shape index (κ1) is 15.6. The Bertz CT molecular complexity index is 390. The lowest BCUT2D eigenvalue weighted by Gasteiger charge is -2.13. The molecule has 3 heteroatoms. The second kappa shape index (κ2) is 8.59. The number of hydrogen-bond donors (Lipinski definition) is 2. The van der Waals surface area contributed by atoms with E-state index in [0.29, 0.717) is 18.2 Å². The molecule has 0 amide bonds. The molecular formula is C16H25NO2. The number of nitrogens with one attached hydrogen (secondary N) is 1. The highest BCUT2D eigenvalue weighted by atomic mass is 16.5. The fourth-order valence-corrected chi connectivity index (χ4v) is 2.13. The molecule has 1 unspecified atom stereocenters. The van der Waals surface area contributed by atoms with Gasteiger partial charge in [0, 0.05) is 12.1 Å². The summed E-state index contributed by atoms with van der Waals surface area (Å²) in [6.07, 6.45) is 5.37. The number of aromatic hydroxyl groups is 1. The van der Waals surface area contributed by atoms with Crippen molar-refractivity contribution in [2.24, 2.45) is 5.92 Å². The van der Waals surface area contributed by atoms with Crippen molar-refractivity contribution in [3.8, 4) is 11.5 Å². The van der Waals surface area contributed by atoms with E-state index in [0.717, 1.165) is 24.9 Å². The first-order valence-electron chi connectivity index (χ1n) is 6.89. The highest BCUT2D eigenvalue weighted by Gasteiger charge is 2.07. The molecule has 0 saturated heterocycles. The maximum Gasteiger partial charge on any atom is 0.162 e. The topological polar surface area (TPSA) is 41.5 Å². The predicted octanol–water partition coefficient (Wildman–Crippen LogP) is 3.48. The van der Waals surface area contributed by atoms with Crippen LogP contribution in [0.1, 0.15) is 31.7 Å². The number of ether oxygens (including phenoxy) is 1. The maximum atomic E-state index is 9.95. The number of allylic oxidation sites excluding steroid dienone is 1. The molecule has 0 aliphatic heterocycles. The largest absolute Gasteiger partial charge is 0.504 e. The minimum absolute atomic E-state index is 0.232. The highest BCUT2D eigenvalue weighted by Crippen LogP contribution is 2.29.